The second-order valence-electron chi connectivity index (χ2n) is 7.34. The van der Waals surface area contributed by atoms with Gasteiger partial charge in [0.05, 0.1) is 29.7 Å². The second kappa shape index (κ2) is 7.45. The molecule has 1 aliphatic carbocycles. The van der Waals surface area contributed by atoms with Gasteiger partial charge in [-0.2, -0.15) is 5.26 Å². The molecule has 0 spiro atoms. The summed E-state index contributed by atoms with van der Waals surface area (Å²) in [6.45, 7) is 1.73. The first-order chi connectivity index (χ1) is 14.0. The minimum absolute atomic E-state index is 0.197. The molecule has 0 aliphatic heterocycles. The quantitative estimate of drug-likeness (QED) is 0.609. The van der Waals surface area contributed by atoms with Crippen molar-refractivity contribution in [2.75, 3.05) is 11.1 Å². The minimum atomic E-state index is -0.500. The number of fused-ring (bicyclic) bond motifs is 1. The van der Waals surface area contributed by atoms with Crippen LogP contribution in [-0.4, -0.2) is 32.1 Å². The molecule has 4 rings (SSSR count). The lowest BCUT2D eigenvalue weighted by atomic mass is 10.0. The number of nitrogens with zero attached hydrogens (tertiary/aromatic N) is 4. The van der Waals surface area contributed by atoms with E-state index in [0.717, 1.165) is 16.5 Å². The number of nitriles is 1. The highest BCUT2D eigenvalue weighted by molar-refractivity contribution is 5.98. The molecule has 3 heterocycles. The van der Waals surface area contributed by atoms with E-state index in [0.29, 0.717) is 35.6 Å². The molecule has 1 saturated carbocycles. The number of pyridine rings is 3. The summed E-state index contributed by atoms with van der Waals surface area (Å²) >= 11 is 0. The SMILES string of the molecule is CC(O)Cc1ccncc1-c1cc2cc(NC(=O)[C@H]3C[C@@H]3C#N)ncc2c(N)n1. The normalized spacial score (nSPS) is 18.8. The van der Waals surface area contributed by atoms with E-state index in [1.54, 1.807) is 31.6 Å². The molecule has 29 heavy (non-hydrogen) atoms. The molecule has 3 aromatic rings. The molecular weight excluding hydrogens is 368 g/mol. The molecular formula is C21H20N6O2. The zero-order valence-electron chi connectivity index (χ0n) is 15.8. The third kappa shape index (κ3) is 3.86. The van der Waals surface area contributed by atoms with Crippen molar-refractivity contribution in [1.82, 2.24) is 15.0 Å². The third-order valence-corrected chi connectivity index (χ3v) is 4.99. The summed E-state index contributed by atoms with van der Waals surface area (Å²) in [6, 6.07) is 7.56. The molecule has 3 atom stereocenters. The maximum absolute atomic E-state index is 12.2. The summed E-state index contributed by atoms with van der Waals surface area (Å²) in [6.07, 6.45) is 5.51. The molecule has 0 radical (unpaired) electrons. The Morgan fingerprint density at radius 3 is 3.00 bits per heavy atom. The van der Waals surface area contributed by atoms with Gasteiger partial charge < -0.3 is 16.2 Å². The van der Waals surface area contributed by atoms with Crippen LogP contribution in [0.3, 0.4) is 0 Å². The van der Waals surface area contributed by atoms with Crippen LogP contribution in [0.1, 0.15) is 18.9 Å². The van der Waals surface area contributed by atoms with Gasteiger partial charge in [-0.1, -0.05) is 0 Å². The van der Waals surface area contributed by atoms with Crippen LogP contribution in [0.4, 0.5) is 11.6 Å². The van der Waals surface area contributed by atoms with E-state index >= 15 is 0 Å². The number of nitrogens with two attached hydrogens (primary N) is 1. The lowest BCUT2D eigenvalue weighted by molar-refractivity contribution is -0.117. The Kier molecular flexibility index (Phi) is 4.82. The molecule has 1 amide bonds. The molecule has 8 nitrogen and oxygen atoms in total. The first-order valence-electron chi connectivity index (χ1n) is 9.34. The van der Waals surface area contributed by atoms with Gasteiger partial charge in [0.1, 0.15) is 11.6 Å². The van der Waals surface area contributed by atoms with Crippen LogP contribution in [0, 0.1) is 23.2 Å². The first kappa shape index (κ1) is 18.8. The molecule has 0 aromatic carbocycles. The van der Waals surface area contributed by atoms with Gasteiger partial charge in [-0.25, -0.2) is 9.97 Å². The lowest BCUT2D eigenvalue weighted by Gasteiger charge is -2.12. The summed E-state index contributed by atoms with van der Waals surface area (Å²) in [5.41, 5.74) is 8.49. The molecule has 0 bridgehead atoms. The topological polar surface area (TPSA) is 138 Å². The van der Waals surface area contributed by atoms with Gasteiger partial charge in [0.25, 0.3) is 0 Å². The maximum atomic E-state index is 12.2. The van der Waals surface area contributed by atoms with E-state index in [1.807, 2.05) is 12.1 Å². The number of carbonyl (C=O) groups excluding carboxylic acids is 1. The van der Waals surface area contributed by atoms with Crippen molar-refractivity contribution in [3.05, 3.63) is 42.4 Å². The number of aliphatic hydroxyl groups excluding tert-OH is 1. The van der Waals surface area contributed by atoms with Crippen LogP contribution >= 0.6 is 0 Å². The Balaban J connectivity index is 1.69. The molecule has 4 N–H and O–H groups in total. The molecule has 1 unspecified atom stereocenters. The Morgan fingerprint density at radius 2 is 2.28 bits per heavy atom. The van der Waals surface area contributed by atoms with E-state index < -0.39 is 6.10 Å². The molecule has 3 aromatic heterocycles. The third-order valence-electron chi connectivity index (χ3n) is 4.99. The summed E-state index contributed by atoms with van der Waals surface area (Å²) in [5, 5.41) is 22.9. The minimum Gasteiger partial charge on any atom is -0.393 e. The van der Waals surface area contributed by atoms with Crippen molar-refractivity contribution < 1.29 is 9.90 Å². The van der Waals surface area contributed by atoms with E-state index in [1.165, 1.54) is 0 Å². The van der Waals surface area contributed by atoms with Gasteiger partial charge in [-0.05, 0) is 48.9 Å². The lowest BCUT2D eigenvalue weighted by Crippen LogP contribution is -2.15. The fourth-order valence-electron chi connectivity index (χ4n) is 3.38. The number of nitrogens with one attached hydrogen (secondary N) is 1. The average Bonchev–Trinajstić information content (AvgIpc) is 3.48. The number of amides is 1. The number of hydrogen-bond donors (Lipinski definition) is 3. The van der Waals surface area contributed by atoms with Crippen molar-refractivity contribution in [2.24, 2.45) is 11.8 Å². The monoisotopic (exact) mass is 388 g/mol. The van der Waals surface area contributed by atoms with Gasteiger partial charge in [0.2, 0.25) is 5.91 Å². The van der Waals surface area contributed by atoms with Gasteiger partial charge in [0.15, 0.2) is 0 Å². The van der Waals surface area contributed by atoms with Crippen molar-refractivity contribution in [2.45, 2.75) is 25.9 Å². The van der Waals surface area contributed by atoms with Crippen LogP contribution in [0.2, 0.25) is 0 Å². The van der Waals surface area contributed by atoms with Crippen molar-refractivity contribution in [3.8, 4) is 17.3 Å². The van der Waals surface area contributed by atoms with Crippen molar-refractivity contribution in [3.63, 3.8) is 0 Å². The smallest absolute Gasteiger partial charge is 0.230 e. The number of rotatable bonds is 5. The number of hydrogen-bond acceptors (Lipinski definition) is 7. The zero-order valence-corrected chi connectivity index (χ0v) is 15.8. The van der Waals surface area contributed by atoms with Crippen LogP contribution in [0.25, 0.3) is 22.0 Å². The van der Waals surface area contributed by atoms with Gasteiger partial charge in [0, 0.05) is 29.5 Å². The Labute approximate surface area is 167 Å². The van der Waals surface area contributed by atoms with Gasteiger partial charge in [-0.3, -0.25) is 9.78 Å². The Bertz CT molecular complexity index is 1140. The summed E-state index contributed by atoms with van der Waals surface area (Å²) < 4.78 is 0. The number of aromatic nitrogens is 3. The fraction of sp³-hybridized carbons (Fsp3) is 0.286. The molecule has 8 heteroatoms. The summed E-state index contributed by atoms with van der Waals surface area (Å²) in [5.74, 6) is 0.0467. The highest BCUT2D eigenvalue weighted by atomic mass is 16.3. The van der Waals surface area contributed by atoms with Crippen molar-refractivity contribution >= 4 is 28.3 Å². The fourth-order valence-corrected chi connectivity index (χ4v) is 3.38. The molecule has 146 valence electrons. The predicted octanol–water partition coefficient (Wildman–Crippen LogP) is 2.30. The van der Waals surface area contributed by atoms with Gasteiger partial charge in [-0.15, -0.1) is 0 Å². The maximum Gasteiger partial charge on any atom is 0.230 e. The highest BCUT2D eigenvalue weighted by Crippen LogP contribution is 2.38. The van der Waals surface area contributed by atoms with Gasteiger partial charge >= 0.3 is 0 Å². The standard InChI is InChI=1S/C21H20N6O2/c1-11(28)4-12-2-3-24-9-16(12)18-6-13-7-19(25-10-17(13)20(23)26-18)27-21(29)15-5-14(15)8-22/h2-3,6-7,9-11,14-15,28H,4-5H2,1H3,(H2,23,26)(H,25,27,29)/t11?,14-,15+/m1/s1. The Hall–Kier alpha value is -3.57. The van der Waals surface area contributed by atoms with Crippen molar-refractivity contribution in [1.29, 1.82) is 5.26 Å². The van der Waals surface area contributed by atoms with E-state index in [9.17, 15) is 9.90 Å². The molecule has 1 aliphatic rings. The molecule has 1 fully saturated rings. The highest BCUT2D eigenvalue weighted by Gasteiger charge is 2.43. The summed E-state index contributed by atoms with van der Waals surface area (Å²) in [4.78, 5) is 25.1. The number of aliphatic hydroxyl groups is 1. The number of anilines is 2. The van der Waals surface area contributed by atoms with Crippen LogP contribution in [0.15, 0.2) is 36.8 Å². The van der Waals surface area contributed by atoms with E-state index in [4.69, 9.17) is 11.0 Å². The van der Waals surface area contributed by atoms with Crippen LogP contribution < -0.4 is 11.1 Å². The first-order valence-corrected chi connectivity index (χ1v) is 9.34. The predicted molar refractivity (Wildman–Crippen MR) is 108 cm³/mol. The van der Waals surface area contributed by atoms with Crippen LogP contribution in [0.5, 0.6) is 0 Å². The van der Waals surface area contributed by atoms with E-state index in [-0.39, 0.29) is 17.7 Å². The largest absolute Gasteiger partial charge is 0.393 e. The molecule has 0 saturated heterocycles. The van der Waals surface area contributed by atoms with E-state index in [2.05, 4.69) is 26.3 Å². The number of carbonyl (C=O) groups is 1. The number of nitrogen functional groups attached to an aromatic ring is 1. The average molecular weight is 388 g/mol. The zero-order chi connectivity index (χ0) is 20.5. The summed E-state index contributed by atoms with van der Waals surface area (Å²) in [7, 11) is 0. The van der Waals surface area contributed by atoms with Crippen LogP contribution in [-0.2, 0) is 11.2 Å². The Morgan fingerprint density at radius 1 is 1.45 bits per heavy atom. The second-order valence-corrected chi connectivity index (χ2v) is 7.34.